The van der Waals surface area contributed by atoms with Gasteiger partial charge in [0, 0.05) is 26.2 Å². The average molecular weight is 312 g/mol. The van der Waals surface area contributed by atoms with Crippen LogP contribution in [-0.2, 0) is 10.0 Å². The molecule has 1 aliphatic heterocycles. The molecule has 0 radical (unpaired) electrons. The van der Waals surface area contributed by atoms with Gasteiger partial charge in [-0.25, -0.2) is 8.42 Å². The minimum atomic E-state index is -3.40. The molecule has 1 aliphatic rings. The number of β-amino-alcohol motifs (C(OH)–C–C–N with tert-alkyl or cyclic N) is 1. The van der Waals surface area contributed by atoms with Crippen LogP contribution in [0.15, 0.2) is 35.2 Å². The first-order chi connectivity index (χ1) is 10.0. The molecule has 1 aromatic rings. The lowest BCUT2D eigenvalue weighted by Crippen LogP contribution is -2.37. The predicted octanol–water partition coefficient (Wildman–Crippen LogP) is 1.15. The summed E-state index contributed by atoms with van der Waals surface area (Å²) in [4.78, 5) is 2.50. The maximum Gasteiger partial charge on any atom is 0.243 e. The summed E-state index contributed by atoms with van der Waals surface area (Å²) in [7, 11) is -3.40. The fourth-order valence-electron chi connectivity index (χ4n) is 2.54. The van der Waals surface area contributed by atoms with Crippen LogP contribution in [0.25, 0.3) is 0 Å². The van der Waals surface area contributed by atoms with Crippen LogP contribution >= 0.6 is 0 Å². The van der Waals surface area contributed by atoms with Gasteiger partial charge in [-0.05, 0) is 31.5 Å². The van der Waals surface area contributed by atoms with E-state index in [-0.39, 0.29) is 6.10 Å². The highest BCUT2D eigenvalue weighted by atomic mass is 32.2. The Kier molecular flexibility index (Phi) is 5.75. The third-order valence-corrected chi connectivity index (χ3v) is 5.78. The first kappa shape index (κ1) is 16.4. The molecule has 6 heteroatoms. The predicted molar refractivity (Wildman–Crippen MR) is 82.6 cm³/mol. The molecule has 21 heavy (non-hydrogen) atoms. The fraction of sp³-hybridized carbons (Fsp3) is 0.600. The molecule has 1 N–H and O–H groups in total. The van der Waals surface area contributed by atoms with Crippen molar-refractivity contribution in [1.82, 2.24) is 9.21 Å². The van der Waals surface area contributed by atoms with Crippen LogP contribution in [0.2, 0.25) is 0 Å². The van der Waals surface area contributed by atoms with Crippen molar-refractivity contribution in [3.63, 3.8) is 0 Å². The number of hydrogen-bond donors (Lipinski definition) is 1. The van der Waals surface area contributed by atoms with Gasteiger partial charge < -0.3 is 5.11 Å². The summed E-state index contributed by atoms with van der Waals surface area (Å²) >= 11 is 0. The Balaban J connectivity index is 2.03. The van der Waals surface area contributed by atoms with Crippen LogP contribution in [0, 0.1) is 0 Å². The molecular weight excluding hydrogens is 288 g/mol. The van der Waals surface area contributed by atoms with Crippen LogP contribution < -0.4 is 0 Å². The van der Waals surface area contributed by atoms with Gasteiger partial charge >= 0.3 is 0 Å². The molecule has 0 bridgehead atoms. The first-order valence-corrected chi connectivity index (χ1v) is 8.93. The molecule has 118 valence electrons. The standard InChI is InChI=1S/C15H24N2O3S/c1-2-14(18)13-16-9-6-10-17(12-11-16)21(19,20)15-7-4-3-5-8-15/h3-5,7-8,14,18H,2,6,9-13H2,1H3. The number of benzene rings is 1. The van der Waals surface area contributed by atoms with Crippen molar-refractivity contribution in [2.75, 3.05) is 32.7 Å². The Morgan fingerprint density at radius 3 is 2.52 bits per heavy atom. The van der Waals surface area contributed by atoms with Gasteiger partial charge in [0.2, 0.25) is 10.0 Å². The second-order valence-corrected chi connectivity index (χ2v) is 7.37. The van der Waals surface area contributed by atoms with Crippen molar-refractivity contribution < 1.29 is 13.5 Å². The van der Waals surface area contributed by atoms with Crippen LogP contribution in [0.4, 0.5) is 0 Å². The van der Waals surface area contributed by atoms with Crippen LogP contribution in [-0.4, -0.2) is 61.6 Å². The van der Waals surface area contributed by atoms with Gasteiger partial charge in [0.25, 0.3) is 0 Å². The molecule has 1 fully saturated rings. The summed E-state index contributed by atoms with van der Waals surface area (Å²) < 4.78 is 26.7. The maximum absolute atomic E-state index is 12.6. The molecule has 1 saturated heterocycles. The van der Waals surface area contributed by atoms with E-state index in [9.17, 15) is 13.5 Å². The molecule has 1 unspecified atom stereocenters. The Bertz CT molecular complexity index is 533. The van der Waals surface area contributed by atoms with Gasteiger partial charge in [-0.2, -0.15) is 4.31 Å². The molecule has 0 aromatic heterocycles. The van der Waals surface area contributed by atoms with E-state index < -0.39 is 10.0 Å². The second kappa shape index (κ2) is 7.35. The van der Waals surface area contributed by atoms with E-state index in [1.54, 1.807) is 28.6 Å². The van der Waals surface area contributed by atoms with E-state index in [1.807, 2.05) is 13.0 Å². The van der Waals surface area contributed by atoms with Crippen LogP contribution in [0.1, 0.15) is 19.8 Å². The SMILES string of the molecule is CCC(O)CN1CCCN(S(=O)(=O)c2ccccc2)CC1. The van der Waals surface area contributed by atoms with Gasteiger partial charge in [0.05, 0.1) is 11.0 Å². The van der Waals surface area contributed by atoms with E-state index in [4.69, 9.17) is 0 Å². The highest BCUT2D eigenvalue weighted by Gasteiger charge is 2.26. The van der Waals surface area contributed by atoms with Crippen molar-refractivity contribution >= 4 is 10.0 Å². The minimum absolute atomic E-state index is 0.331. The zero-order chi connectivity index (χ0) is 15.3. The molecule has 0 spiro atoms. The minimum Gasteiger partial charge on any atom is -0.392 e. The lowest BCUT2D eigenvalue weighted by atomic mass is 10.2. The average Bonchev–Trinajstić information content (AvgIpc) is 2.74. The molecule has 1 atom stereocenters. The van der Waals surface area contributed by atoms with Crippen molar-refractivity contribution in [2.45, 2.75) is 30.8 Å². The van der Waals surface area contributed by atoms with Crippen molar-refractivity contribution in [2.24, 2.45) is 0 Å². The number of aliphatic hydroxyl groups is 1. The Morgan fingerprint density at radius 1 is 1.14 bits per heavy atom. The summed E-state index contributed by atoms with van der Waals surface area (Å²) in [5.74, 6) is 0. The smallest absolute Gasteiger partial charge is 0.243 e. The van der Waals surface area contributed by atoms with Crippen molar-refractivity contribution in [1.29, 1.82) is 0 Å². The number of hydrogen-bond acceptors (Lipinski definition) is 4. The van der Waals surface area contributed by atoms with Gasteiger partial charge in [-0.3, -0.25) is 4.90 Å². The topological polar surface area (TPSA) is 60.9 Å². The second-order valence-electron chi connectivity index (χ2n) is 5.43. The third kappa shape index (κ3) is 4.26. The normalized spacial score (nSPS) is 20.1. The molecule has 1 aromatic carbocycles. The number of nitrogens with zero attached hydrogens (tertiary/aromatic N) is 2. The fourth-order valence-corrected chi connectivity index (χ4v) is 4.03. The Hall–Kier alpha value is -0.950. The summed E-state index contributed by atoms with van der Waals surface area (Å²) in [5, 5.41) is 9.73. The summed E-state index contributed by atoms with van der Waals surface area (Å²) in [6.07, 6.45) is 1.19. The lowest BCUT2D eigenvalue weighted by molar-refractivity contribution is 0.112. The van der Waals surface area contributed by atoms with Crippen molar-refractivity contribution in [3.8, 4) is 0 Å². The zero-order valence-corrected chi connectivity index (χ0v) is 13.3. The van der Waals surface area contributed by atoms with Gasteiger partial charge in [0.1, 0.15) is 0 Å². The van der Waals surface area contributed by atoms with Crippen molar-refractivity contribution in [3.05, 3.63) is 30.3 Å². The maximum atomic E-state index is 12.6. The highest BCUT2D eigenvalue weighted by molar-refractivity contribution is 7.89. The monoisotopic (exact) mass is 312 g/mol. The molecule has 0 aliphatic carbocycles. The van der Waals surface area contributed by atoms with Gasteiger partial charge in [-0.15, -0.1) is 0 Å². The van der Waals surface area contributed by atoms with E-state index in [2.05, 4.69) is 4.90 Å². The Labute approximate surface area is 127 Å². The van der Waals surface area contributed by atoms with Gasteiger partial charge in [0.15, 0.2) is 0 Å². The summed E-state index contributed by atoms with van der Waals surface area (Å²) in [5.41, 5.74) is 0. The Morgan fingerprint density at radius 2 is 1.86 bits per heavy atom. The van der Waals surface area contributed by atoms with Crippen LogP contribution in [0.5, 0.6) is 0 Å². The number of rotatable bonds is 5. The molecular formula is C15H24N2O3S. The quantitative estimate of drug-likeness (QED) is 0.886. The number of aliphatic hydroxyl groups excluding tert-OH is 1. The number of sulfonamides is 1. The summed E-state index contributed by atoms with van der Waals surface area (Å²) in [6.45, 7) is 5.09. The van der Waals surface area contributed by atoms with Crippen LogP contribution in [0.3, 0.4) is 0 Å². The van der Waals surface area contributed by atoms with E-state index in [1.165, 1.54) is 0 Å². The molecule has 2 rings (SSSR count). The lowest BCUT2D eigenvalue weighted by Gasteiger charge is -2.23. The molecule has 5 nitrogen and oxygen atoms in total. The third-order valence-electron chi connectivity index (χ3n) is 3.87. The zero-order valence-electron chi connectivity index (χ0n) is 12.5. The summed E-state index contributed by atoms with van der Waals surface area (Å²) in [6, 6.07) is 8.58. The van der Waals surface area contributed by atoms with E-state index >= 15 is 0 Å². The molecule has 1 heterocycles. The first-order valence-electron chi connectivity index (χ1n) is 7.49. The largest absolute Gasteiger partial charge is 0.392 e. The van der Waals surface area contributed by atoms with E-state index in [0.717, 1.165) is 19.4 Å². The highest BCUT2D eigenvalue weighted by Crippen LogP contribution is 2.17. The van der Waals surface area contributed by atoms with E-state index in [0.29, 0.717) is 31.1 Å². The molecule has 0 saturated carbocycles. The molecule has 0 amide bonds. The van der Waals surface area contributed by atoms with Gasteiger partial charge in [-0.1, -0.05) is 25.1 Å².